The second kappa shape index (κ2) is 6.07. The highest BCUT2D eigenvalue weighted by Crippen LogP contribution is 2.37. The molecule has 23 heavy (non-hydrogen) atoms. The monoisotopic (exact) mass is 346 g/mol. The molecule has 0 spiro atoms. The minimum absolute atomic E-state index is 0.819. The summed E-state index contributed by atoms with van der Waals surface area (Å²) in [5.41, 5.74) is 4.95. The molecule has 0 bridgehead atoms. The Labute approximate surface area is 143 Å². The van der Waals surface area contributed by atoms with Crippen LogP contribution in [-0.2, 0) is 0 Å². The van der Waals surface area contributed by atoms with Gasteiger partial charge >= 0.3 is 0 Å². The van der Waals surface area contributed by atoms with Gasteiger partial charge in [0.2, 0.25) is 0 Å². The van der Waals surface area contributed by atoms with Gasteiger partial charge in [-0.25, -0.2) is 9.97 Å². The summed E-state index contributed by atoms with van der Waals surface area (Å²) in [7, 11) is 3.85. The maximum atomic E-state index is 5.40. The number of piperazine rings is 1. The molecule has 1 aromatic carbocycles. The van der Waals surface area contributed by atoms with Crippen molar-refractivity contribution in [2.24, 2.45) is 0 Å². The molecule has 1 saturated heterocycles. The van der Waals surface area contributed by atoms with Crippen molar-refractivity contribution in [3.8, 4) is 17.0 Å². The molecule has 0 saturated carbocycles. The van der Waals surface area contributed by atoms with Gasteiger partial charge in [-0.3, -0.25) is 0 Å². The summed E-state index contributed by atoms with van der Waals surface area (Å²) in [6, 6.07) is 4.06. The summed E-state index contributed by atoms with van der Waals surface area (Å²) in [6.45, 7) is 4.27. The van der Waals surface area contributed by atoms with Crippen LogP contribution in [0.15, 0.2) is 23.0 Å². The third kappa shape index (κ3) is 2.69. The Hall–Kier alpha value is -1.70. The molecule has 0 atom stereocenters. The molecule has 5 nitrogen and oxygen atoms in total. The van der Waals surface area contributed by atoms with E-state index in [1.54, 1.807) is 29.8 Å². The van der Waals surface area contributed by atoms with E-state index in [1.165, 1.54) is 0 Å². The molecule has 0 radical (unpaired) electrons. The molecule has 1 aliphatic heterocycles. The van der Waals surface area contributed by atoms with E-state index in [-0.39, 0.29) is 0 Å². The normalized spacial score (nSPS) is 16.2. The summed E-state index contributed by atoms with van der Waals surface area (Å²) in [4.78, 5) is 14.0. The summed E-state index contributed by atoms with van der Waals surface area (Å²) in [6.07, 6.45) is 0. The number of fused-ring (bicyclic) bond motifs is 1. The zero-order chi connectivity index (χ0) is 15.8. The molecule has 0 unspecified atom stereocenters. The SMILES string of the molecule is COc1ccc(-c2csc(N3CCN(C)CC3)n2)c2scnc12. The fourth-order valence-corrected chi connectivity index (χ4v) is 4.53. The Bertz CT molecular complexity index is 820. The van der Waals surface area contributed by atoms with Crippen molar-refractivity contribution in [3.63, 3.8) is 0 Å². The summed E-state index contributed by atoms with van der Waals surface area (Å²) in [5.74, 6) is 0.819. The van der Waals surface area contributed by atoms with Crippen molar-refractivity contribution < 1.29 is 4.74 Å². The largest absolute Gasteiger partial charge is 0.494 e. The van der Waals surface area contributed by atoms with Gasteiger partial charge in [0.1, 0.15) is 11.3 Å². The number of benzene rings is 1. The lowest BCUT2D eigenvalue weighted by Crippen LogP contribution is -2.44. The summed E-state index contributed by atoms with van der Waals surface area (Å²) < 4.78 is 6.54. The molecular weight excluding hydrogens is 328 g/mol. The van der Waals surface area contributed by atoms with Gasteiger partial charge in [-0.05, 0) is 19.2 Å². The van der Waals surface area contributed by atoms with E-state index in [0.29, 0.717) is 0 Å². The van der Waals surface area contributed by atoms with Gasteiger partial charge in [-0.15, -0.1) is 22.7 Å². The van der Waals surface area contributed by atoms with Gasteiger partial charge in [0.25, 0.3) is 0 Å². The van der Waals surface area contributed by atoms with Crippen molar-refractivity contribution in [2.75, 3.05) is 45.2 Å². The molecule has 0 N–H and O–H groups in total. The molecule has 1 aliphatic rings. The molecule has 2 aromatic heterocycles. The number of hydrogen-bond acceptors (Lipinski definition) is 7. The van der Waals surface area contributed by atoms with E-state index in [2.05, 4.69) is 33.3 Å². The second-order valence-corrected chi connectivity index (χ2v) is 7.34. The Kier molecular flexibility index (Phi) is 3.92. The van der Waals surface area contributed by atoms with Gasteiger partial charge in [0.15, 0.2) is 5.13 Å². The lowest BCUT2D eigenvalue weighted by Gasteiger charge is -2.32. The molecule has 1 fully saturated rings. The number of hydrogen-bond donors (Lipinski definition) is 0. The van der Waals surface area contributed by atoms with Crippen LogP contribution in [0.4, 0.5) is 5.13 Å². The summed E-state index contributed by atoms with van der Waals surface area (Å²) >= 11 is 3.36. The highest BCUT2D eigenvalue weighted by Gasteiger charge is 2.19. The van der Waals surface area contributed by atoms with Crippen LogP contribution in [-0.4, -0.2) is 55.2 Å². The highest BCUT2D eigenvalue weighted by atomic mass is 32.1. The molecule has 7 heteroatoms. The van der Waals surface area contributed by atoms with Crippen LogP contribution >= 0.6 is 22.7 Å². The van der Waals surface area contributed by atoms with E-state index in [0.717, 1.165) is 58.5 Å². The first-order valence-corrected chi connectivity index (χ1v) is 9.32. The van der Waals surface area contributed by atoms with Crippen LogP contribution in [0.25, 0.3) is 21.5 Å². The van der Waals surface area contributed by atoms with E-state index >= 15 is 0 Å². The Morgan fingerprint density at radius 2 is 1.96 bits per heavy atom. The molecule has 0 aliphatic carbocycles. The zero-order valence-electron chi connectivity index (χ0n) is 13.2. The molecule has 0 amide bonds. The van der Waals surface area contributed by atoms with Crippen LogP contribution < -0.4 is 9.64 Å². The Morgan fingerprint density at radius 3 is 2.74 bits per heavy atom. The number of thiazole rings is 2. The molecular formula is C16H18N4OS2. The number of likely N-dealkylation sites (N-methyl/N-ethyl adjacent to an activating group) is 1. The van der Waals surface area contributed by atoms with Crippen molar-refractivity contribution in [3.05, 3.63) is 23.0 Å². The van der Waals surface area contributed by atoms with Gasteiger partial charge in [0.05, 0.1) is 23.0 Å². The second-order valence-electron chi connectivity index (χ2n) is 5.65. The first-order chi connectivity index (χ1) is 11.3. The average Bonchev–Trinajstić information content (AvgIpc) is 3.24. The predicted octanol–water partition coefficient (Wildman–Crippen LogP) is 3.18. The van der Waals surface area contributed by atoms with Gasteiger partial charge in [0, 0.05) is 37.1 Å². The lowest BCUT2D eigenvalue weighted by atomic mass is 10.1. The highest BCUT2D eigenvalue weighted by molar-refractivity contribution is 7.17. The number of aromatic nitrogens is 2. The minimum atomic E-state index is 0.819. The number of rotatable bonds is 3. The first kappa shape index (κ1) is 14.9. The van der Waals surface area contributed by atoms with Gasteiger partial charge in [-0.2, -0.15) is 0 Å². The van der Waals surface area contributed by atoms with Crippen LogP contribution in [0, 0.1) is 0 Å². The van der Waals surface area contributed by atoms with E-state index in [9.17, 15) is 0 Å². The Morgan fingerprint density at radius 1 is 1.13 bits per heavy atom. The van der Waals surface area contributed by atoms with E-state index < -0.39 is 0 Å². The van der Waals surface area contributed by atoms with Crippen LogP contribution in [0.2, 0.25) is 0 Å². The fraction of sp³-hybridized carbons (Fsp3) is 0.375. The first-order valence-electron chi connectivity index (χ1n) is 7.56. The standard InChI is InChI=1S/C16H18N4OS2/c1-19-5-7-20(8-6-19)16-18-12(9-22-16)11-3-4-13(21-2)14-15(11)23-10-17-14/h3-4,9-10H,5-8H2,1-2H3. The molecule has 3 aromatic rings. The Balaban J connectivity index is 1.68. The maximum Gasteiger partial charge on any atom is 0.185 e. The average molecular weight is 346 g/mol. The quantitative estimate of drug-likeness (QED) is 0.728. The zero-order valence-corrected chi connectivity index (χ0v) is 14.8. The smallest absolute Gasteiger partial charge is 0.185 e. The van der Waals surface area contributed by atoms with Crippen molar-refractivity contribution in [1.82, 2.24) is 14.9 Å². The van der Waals surface area contributed by atoms with Gasteiger partial charge in [-0.1, -0.05) is 0 Å². The van der Waals surface area contributed by atoms with E-state index in [4.69, 9.17) is 9.72 Å². The van der Waals surface area contributed by atoms with E-state index in [1.807, 2.05) is 11.6 Å². The molecule has 3 heterocycles. The lowest BCUT2D eigenvalue weighted by molar-refractivity contribution is 0.313. The van der Waals surface area contributed by atoms with Crippen LogP contribution in [0.1, 0.15) is 0 Å². The van der Waals surface area contributed by atoms with Crippen molar-refractivity contribution in [1.29, 1.82) is 0 Å². The van der Waals surface area contributed by atoms with Crippen molar-refractivity contribution >= 4 is 38.0 Å². The minimum Gasteiger partial charge on any atom is -0.494 e. The predicted molar refractivity (Wildman–Crippen MR) is 97.0 cm³/mol. The number of anilines is 1. The van der Waals surface area contributed by atoms with Crippen molar-refractivity contribution in [2.45, 2.75) is 0 Å². The molecule has 120 valence electrons. The number of ether oxygens (including phenoxy) is 1. The third-order valence-corrected chi connectivity index (χ3v) is 5.97. The van der Waals surface area contributed by atoms with Gasteiger partial charge < -0.3 is 14.5 Å². The summed E-state index contributed by atoms with van der Waals surface area (Å²) in [5, 5.41) is 3.26. The maximum absolute atomic E-state index is 5.40. The number of nitrogens with zero attached hydrogens (tertiary/aromatic N) is 4. The van der Waals surface area contributed by atoms with Crippen LogP contribution in [0.5, 0.6) is 5.75 Å². The third-order valence-electron chi connectivity index (χ3n) is 4.21. The fourth-order valence-electron chi connectivity index (χ4n) is 2.82. The molecule has 4 rings (SSSR count). The topological polar surface area (TPSA) is 41.5 Å². The number of methoxy groups -OCH3 is 1. The van der Waals surface area contributed by atoms with Crippen LogP contribution in [0.3, 0.4) is 0 Å².